The normalized spacial score (nSPS) is 13.7. The standard InChI is InChI=1S/C12H14F3N5O/c1-20(2)6-8(16)10-18-11(21-19-10)9-4-3-7(5-17-9)12(13,14)15/h3-5,8H,6,16H2,1-2H3. The molecule has 0 saturated carbocycles. The molecule has 21 heavy (non-hydrogen) atoms. The fraction of sp³-hybridized carbons (Fsp3) is 0.417. The average Bonchev–Trinajstić information content (AvgIpc) is 2.86. The summed E-state index contributed by atoms with van der Waals surface area (Å²) in [6.45, 7) is 0.513. The molecule has 0 spiro atoms. The molecule has 1 atom stereocenters. The molecule has 0 fully saturated rings. The van der Waals surface area contributed by atoms with Crippen LogP contribution in [0.2, 0.25) is 0 Å². The summed E-state index contributed by atoms with van der Waals surface area (Å²) in [7, 11) is 3.69. The van der Waals surface area contributed by atoms with Crippen LogP contribution in [0.15, 0.2) is 22.9 Å². The molecule has 0 amide bonds. The highest BCUT2D eigenvalue weighted by atomic mass is 19.4. The summed E-state index contributed by atoms with van der Waals surface area (Å²) in [5.74, 6) is 0.313. The first-order chi connectivity index (χ1) is 9.77. The Morgan fingerprint density at radius 1 is 1.33 bits per heavy atom. The zero-order valence-corrected chi connectivity index (χ0v) is 11.4. The molecule has 2 rings (SSSR count). The molecule has 2 aromatic heterocycles. The van der Waals surface area contributed by atoms with Crippen molar-refractivity contribution in [1.29, 1.82) is 0 Å². The van der Waals surface area contributed by atoms with Gasteiger partial charge in [-0.3, -0.25) is 4.98 Å². The number of alkyl halides is 3. The Hall–Kier alpha value is -2.00. The van der Waals surface area contributed by atoms with Crippen molar-refractivity contribution in [3.63, 3.8) is 0 Å². The summed E-state index contributed by atoms with van der Waals surface area (Å²) in [6.07, 6.45) is -3.71. The number of nitrogens with two attached hydrogens (primary N) is 1. The third-order valence-electron chi connectivity index (χ3n) is 2.65. The maximum absolute atomic E-state index is 12.4. The van der Waals surface area contributed by atoms with Gasteiger partial charge in [0.2, 0.25) is 0 Å². The fourth-order valence-electron chi connectivity index (χ4n) is 1.65. The number of nitrogens with zero attached hydrogens (tertiary/aromatic N) is 4. The lowest BCUT2D eigenvalue weighted by Crippen LogP contribution is -2.26. The Balaban J connectivity index is 2.18. The molecule has 114 valence electrons. The second-order valence-corrected chi connectivity index (χ2v) is 4.76. The molecule has 0 aliphatic heterocycles. The smallest absolute Gasteiger partial charge is 0.332 e. The maximum Gasteiger partial charge on any atom is 0.417 e. The van der Waals surface area contributed by atoms with Crippen LogP contribution in [0.5, 0.6) is 0 Å². The van der Waals surface area contributed by atoms with E-state index in [0.717, 1.165) is 12.3 Å². The first kappa shape index (κ1) is 15.4. The van der Waals surface area contributed by atoms with Crippen molar-refractivity contribution in [3.05, 3.63) is 29.7 Å². The average molecular weight is 301 g/mol. The number of hydrogen-bond acceptors (Lipinski definition) is 6. The van der Waals surface area contributed by atoms with Gasteiger partial charge in [-0.15, -0.1) is 0 Å². The summed E-state index contributed by atoms with van der Waals surface area (Å²) < 4.78 is 42.3. The summed E-state index contributed by atoms with van der Waals surface area (Å²) >= 11 is 0. The number of hydrogen-bond donors (Lipinski definition) is 1. The minimum Gasteiger partial charge on any atom is -0.332 e. The van der Waals surface area contributed by atoms with Gasteiger partial charge in [-0.05, 0) is 26.2 Å². The van der Waals surface area contributed by atoms with Crippen LogP contribution >= 0.6 is 0 Å². The largest absolute Gasteiger partial charge is 0.417 e. The summed E-state index contributed by atoms with van der Waals surface area (Å²) in [5, 5.41) is 3.72. The molecule has 0 aliphatic rings. The van der Waals surface area contributed by atoms with Crippen LogP contribution in [-0.2, 0) is 6.18 Å². The first-order valence-corrected chi connectivity index (χ1v) is 6.05. The Morgan fingerprint density at radius 3 is 2.57 bits per heavy atom. The lowest BCUT2D eigenvalue weighted by molar-refractivity contribution is -0.137. The van der Waals surface area contributed by atoms with E-state index in [0.29, 0.717) is 6.54 Å². The molecule has 0 saturated heterocycles. The molecule has 2 aromatic rings. The summed E-state index contributed by atoms with van der Waals surface area (Å²) in [6, 6.07) is 1.63. The highest BCUT2D eigenvalue weighted by Crippen LogP contribution is 2.29. The van der Waals surface area contributed by atoms with E-state index in [1.165, 1.54) is 6.07 Å². The third kappa shape index (κ3) is 3.76. The number of halogens is 3. The maximum atomic E-state index is 12.4. The van der Waals surface area contributed by atoms with Gasteiger partial charge in [0.1, 0.15) is 5.69 Å². The highest BCUT2D eigenvalue weighted by molar-refractivity contribution is 5.46. The number of rotatable bonds is 4. The second kappa shape index (κ2) is 5.78. The number of pyridine rings is 1. The van der Waals surface area contributed by atoms with Crippen molar-refractivity contribution in [2.24, 2.45) is 5.73 Å². The van der Waals surface area contributed by atoms with Crippen molar-refractivity contribution < 1.29 is 17.7 Å². The van der Waals surface area contributed by atoms with Crippen molar-refractivity contribution in [1.82, 2.24) is 20.0 Å². The quantitative estimate of drug-likeness (QED) is 0.926. The van der Waals surface area contributed by atoms with Crippen LogP contribution in [0, 0.1) is 0 Å². The molecule has 0 aliphatic carbocycles. The van der Waals surface area contributed by atoms with Crippen LogP contribution in [0.25, 0.3) is 11.6 Å². The van der Waals surface area contributed by atoms with Crippen LogP contribution in [0.1, 0.15) is 17.4 Å². The zero-order chi connectivity index (χ0) is 15.6. The topological polar surface area (TPSA) is 81.1 Å². The van der Waals surface area contributed by atoms with Crippen LogP contribution < -0.4 is 5.73 Å². The molecule has 2 heterocycles. The molecule has 0 aromatic carbocycles. The van der Waals surface area contributed by atoms with E-state index in [1.807, 2.05) is 19.0 Å². The summed E-state index contributed by atoms with van der Waals surface area (Å²) in [5.41, 5.74) is 5.20. The zero-order valence-electron chi connectivity index (χ0n) is 11.4. The predicted octanol–water partition coefficient (Wildman–Crippen LogP) is 1.71. The molecule has 0 radical (unpaired) electrons. The van der Waals surface area contributed by atoms with Gasteiger partial charge in [0, 0.05) is 12.7 Å². The van der Waals surface area contributed by atoms with Gasteiger partial charge >= 0.3 is 6.18 Å². The molecule has 2 N–H and O–H groups in total. The number of aromatic nitrogens is 3. The Bertz CT molecular complexity index is 594. The Kier molecular flexibility index (Phi) is 4.24. The Morgan fingerprint density at radius 2 is 2.05 bits per heavy atom. The minimum absolute atomic E-state index is 0.0351. The summed E-state index contributed by atoms with van der Waals surface area (Å²) in [4.78, 5) is 9.59. The van der Waals surface area contributed by atoms with Gasteiger partial charge < -0.3 is 15.2 Å². The van der Waals surface area contributed by atoms with E-state index in [1.54, 1.807) is 0 Å². The Labute approximate surface area is 118 Å². The lowest BCUT2D eigenvalue weighted by Gasteiger charge is -2.12. The third-order valence-corrected chi connectivity index (χ3v) is 2.65. The van der Waals surface area contributed by atoms with Crippen LogP contribution in [0.4, 0.5) is 13.2 Å². The van der Waals surface area contributed by atoms with Gasteiger partial charge in [-0.25, -0.2) is 0 Å². The SMILES string of the molecule is CN(C)CC(N)c1noc(-c2ccc(C(F)(F)F)cn2)n1. The van der Waals surface area contributed by atoms with Crippen LogP contribution in [-0.4, -0.2) is 40.7 Å². The van der Waals surface area contributed by atoms with Gasteiger partial charge in [-0.1, -0.05) is 5.16 Å². The molecular formula is C12H14F3N5O. The molecule has 1 unspecified atom stereocenters. The second-order valence-electron chi connectivity index (χ2n) is 4.76. The van der Waals surface area contributed by atoms with Crippen molar-refractivity contribution in [2.45, 2.75) is 12.2 Å². The fourth-order valence-corrected chi connectivity index (χ4v) is 1.65. The van der Waals surface area contributed by atoms with Crippen molar-refractivity contribution in [2.75, 3.05) is 20.6 Å². The van der Waals surface area contributed by atoms with Gasteiger partial charge in [0.05, 0.1) is 11.6 Å². The van der Waals surface area contributed by atoms with Gasteiger partial charge in [-0.2, -0.15) is 18.2 Å². The van der Waals surface area contributed by atoms with Crippen molar-refractivity contribution >= 4 is 0 Å². The van der Waals surface area contributed by atoms with E-state index >= 15 is 0 Å². The van der Waals surface area contributed by atoms with Gasteiger partial charge in [0.15, 0.2) is 5.82 Å². The molecule has 0 bridgehead atoms. The molecule has 6 nitrogen and oxygen atoms in total. The lowest BCUT2D eigenvalue weighted by atomic mass is 10.2. The van der Waals surface area contributed by atoms with E-state index in [4.69, 9.17) is 10.3 Å². The highest BCUT2D eigenvalue weighted by Gasteiger charge is 2.31. The van der Waals surface area contributed by atoms with E-state index < -0.39 is 17.8 Å². The minimum atomic E-state index is -4.43. The van der Waals surface area contributed by atoms with Gasteiger partial charge in [0.25, 0.3) is 5.89 Å². The number of likely N-dealkylation sites (N-methyl/N-ethyl adjacent to an activating group) is 1. The van der Waals surface area contributed by atoms with E-state index in [-0.39, 0.29) is 17.4 Å². The monoisotopic (exact) mass is 301 g/mol. The molecule has 9 heteroatoms. The predicted molar refractivity (Wildman–Crippen MR) is 68.0 cm³/mol. The van der Waals surface area contributed by atoms with E-state index in [9.17, 15) is 13.2 Å². The van der Waals surface area contributed by atoms with E-state index in [2.05, 4.69) is 15.1 Å². The van der Waals surface area contributed by atoms with Crippen molar-refractivity contribution in [3.8, 4) is 11.6 Å². The first-order valence-electron chi connectivity index (χ1n) is 6.05. The molecular weight excluding hydrogens is 287 g/mol. The van der Waals surface area contributed by atoms with Crippen LogP contribution in [0.3, 0.4) is 0 Å².